The average molecular weight is 262 g/mol. The SMILES string of the molecule is CN(C(N)=O)c1cccc(C2CC(CN)CN2C)c1. The van der Waals surface area contributed by atoms with Gasteiger partial charge in [0.2, 0.25) is 0 Å². The van der Waals surface area contributed by atoms with Crippen molar-refractivity contribution in [3.05, 3.63) is 29.8 Å². The van der Waals surface area contributed by atoms with E-state index in [9.17, 15) is 4.79 Å². The van der Waals surface area contributed by atoms with Crippen molar-refractivity contribution in [3.8, 4) is 0 Å². The number of nitrogens with two attached hydrogens (primary N) is 2. The quantitative estimate of drug-likeness (QED) is 0.858. The third-order valence-corrected chi connectivity index (χ3v) is 3.94. The van der Waals surface area contributed by atoms with Gasteiger partial charge < -0.3 is 11.5 Å². The Balaban J connectivity index is 2.22. The molecule has 0 bridgehead atoms. The largest absolute Gasteiger partial charge is 0.351 e. The van der Waals surface area contributed by atoms with Crippen LogP contribution in [0.25, 0.3) is 0 Å². The number of likely N-dealkylation sites (tertiary alicyclic amines) is 1. The third-order valence-electron chi connectivity index (χ3n) is 3.94. The van der Waals surface area contributed by atoms with E-state index < -0.39 is 6.03 Å². The smallest absolute Gasteiger partial charge is 0.318 e. The standard InChI is InChI=1S/C14H22N4O/c1-17-9-10(8-15)6-13(17)11-4-3-5-12(7-11)18(2)14(16)19/h3-5,7,10,13H,6,8-9,15H2,1-2H3,(H2,16,19). The van der Waals surface area contributed by atoms with E-state index in [1.54, 1.807) is 7.05 Å². The first-order chi connectivity index (χ1) is 9.02. The van der Waals surface area contributed by atoms with E-state index in [0.717, 1.165) is 25.2 Å². The molecule has 1 aromatic rings. The first kappa shape index (κ1) is 13.8. The predicted molar refractivity (Wildman–Crippen MR) is 77.0 cm³/mol. The van der Waals surface area contributed by atoms with Crippen LogP contribution in [-0.4, -0.2) is 38.1 Å². The molecular weight excluding hydrogens is 240 g/mol. The van der Waals surface area contributed by atoms with Gasteiger partial charge in [0.1, 0.15) is 0 Å². The van der Waals surface area contributed by atoms with Gasteiger partial charge in [-0.2, -0.15) is 0 Å². The van der Waals surface area contributed by atoms with Crippen molar-refractivity contribution in [2.75, 3.05) is 32.1 Å². The number of urea groups is 1. The fourth-order valence-corrected chi connectivity index (χ4v) is 2.73. The molecule has 1 aliphatic rings. The van der Waals surface area contributed by atoms with Gasteiger partial charge in [0.25, 0.3) is 0 Å². The predicted octanol–water partition coefficient (Wildman–Crippen LogP) is 1.15. The summed E-state index contributed by atoms with van der Waals surface area (Å²) in [4.78, 5) is 15.0. The Morgan fingerprint density at radius 2 is 2.26 bits per heavy atom. The number of amides is 2. The zero-order chi connectivity index (χ0) is 14.0. The van der Waals surface area contributed by atoms with Gasteiger partial charge >= 0.3 is 6.03 Å². The Hall–Kier alpha value is -1.59. The number of hydrogen-bond acceptors (Lipinski definition) is 3. The van der Waals surface area contributed by atoms with Gasteiger partial charge in [-0.1, -0.05) is 12.1 Å². The molecule has 0 aromatic heterocycles. The van der Waals surface area contributed by atoms with Crippen molar-refractivity contribution in [3.63, 3.8) is 0 Å². The molecule has 2 atom stereocenters. The molecule has 104 valence electrons. The van der Waals surface area contributed by atoms with Gasteiger partial charge in [0.05, 0.1) is 0 Å². The molecule has 19 heavy (non-hydrogen) atoms. The zero-order valence-electron chi connectivity index (χ0n) is 11.5. The minimum Gasteiger partial charge on any atom is -0.351 e. The molecule has 2 amide bonds. The molecule has 0 aliphatic carbocycles. The third kappa shape index (κ3) is 2.88. The number of benzene rings is 1. The van der Waals surface area contributed by atoms with Crippen LogP contribution < -0.4 is 16.4 Å². The highest BCUT2D eigenvalue weighted by atomic mass is 16.2. The number of rotatable bonds is 3. The molecular formula is C14H22N4O. The van der Waals surface area contributed by atoms with Gasteiger partial charge in [-0.3, -0.25) is 9.80 Å². The number of nitrogens with zero attached hydrogens (tertiary/aromatic N) is 2. The van der Waals surface area contributed by atoms with E-state index in [0.29, 0.717) is 12.0 Å². The Kier molecular flexibility index (Phi) is 4.07. The Bertz CT molecular complexity index is 463. The summed E-state index contributed by atoms with van der Waals surface area (Å²) in [6, 6.07) is 7.91. The van der Waals surface area contributed by atoms with Crippen molar-refractivity contribution in [2.24, 2.45) is 17.4 Å². The van der Waals surface area contributed by atoms with Crippen molar-refractivity contribution in [1.29, 1.82) is 0 Å². The van der Waals surface area contributed by atoms with Crippen LogP contribution in [0.3, 0.4) is 0 Å². The van der Waals surface area contributed by atoms with Gasteiger partial charge in [0, 0.05) is 25.3 Å². The van der Waals surface area contributed by atoms with Crippen LogP contribution in [0.5, 0.6) is 0 Å². The molecule has 5 nitrogen and oxygen atoms in total. The maximum absolute atomic E-state index is 11.2. The second-order valence-electron chi connectivity index (χ2n) is 5.29. The van der Waals surface area contributed by atoms with Crippen LogP contribution in [0.15, 0.2) is 24.3 Å². The maximum atomic E-state index is 11.2. The van der Waals surface area contributed by atoms with E-state index in [1.165, 1.54) is 10.5 Å². The lowest BCUT2D eigenvalue weighted by molar-refractivity contribution is 0.255. The highest BCUT2D eigenvalue weighted by Gasteiger charge is 2.29. The highest BCUT2D eigenvalue weighted by molar-refractivity contribution is 5.90. The van der Waals surface area contributed by atoms with Crippen molar-refractivity contribution in [2.45, 2.75) is 12.5 Å². The molecule has 4 N–H and O–H groups in total. The summed E-state index contributed by atoms with van der Waals surface area (Å²) in [5.74, 6) is 0.549. The van der Waals surface area contributed by atoms with Gasteiger partial charge in [-0.25, -0.2) is 4.79 Å². The Labute approximate surface area is 114 Å². The lowest BCUT2D eigenvalue weighted by Crippen LogP contribution is -2.31. The average Bonchev–Trinajstić information content (AvgIpc) is 2.79. The fourth-order valence-electron chi connectivity index (χ4n) is 2.73. The molecule has 1 heterocycles. The van der Waals surface area contributed by atoms with Crippen molar-refractivity contribution < 1.29 is 4.79 Å². The van der Waals surface area contributed by atoms with Crippen LogP contribution in [0.2, 0.25) is 0 Å². The summed E-state index contributed by atoms with van der Waals surface area (Å²) in [5.41, 5.74) is 13.1. The van der Waals surface area contributed by atoms with E-state index in [1.807, 2.05) is 18.2 Å². The number of primary amides is 1. The molecule has 2 rings (SSSR count). The number of carbonyl (C=O) groups is 1. The van der Waals surface area contributed by atoms with Crippen LogP contribution in [0.4, 0.5) is 10.5 Å². The second-order valence-corrected chi connectivity index (χ2v) is 5.29. The maximum Gasteiger partial charge on any atom is 0.318 e. The molecule has 2 unspecified atom stereocenters. The van der Waals surface area contributed by atoms with E-state index in [-0.39, 0.29) is 0 Å². The first-order valence-corrected chi connectivity index (χ1v) is 6.56. The molecule has 1 aromatic carbocycles. The first-order valence-electron chi connectivity index (χ1n) is 6.56. The molecule has 1 aliphatic heterocycles. The number of anilines is 1. The number of hydrogen-bond donors (Lipinski definition) is 2. The van der Waals surface area contributed by atoms with Crippen LogP contribution in [0.1, 0.15) is 18.0 Å². The highest BCUT2D eigenvalue weighted by Crippen LogP contribution is 2.34. The summed E-state index contributed by atoms with van der Waals surface area (Å²) in [6.07, 6.45) is 1.07. The zero-order valence-corrected chi connectivity index (χ0v) is 11.5. The van der Waals surface area contributed by atoms with Crippen molar-refractivity contribution in [1.82, 2.24) is 4.90 Å². The Morgan fingerprint density at radius 3 is 2.84 bits per heavy atom. The molecule has 1 fully saturated rings. The van der Waals surface area contributed by atoms with Gasteiger partial charge in [-0.15, -0.1) is 0 Å². The van der Waals surface area contributed by atoms with Gasteiger partial charge in [0.15, 0.2) is 0 Å². The lowest BCUT2D eigenvalue weighted by Gasteiger charge is -2.22. The van der Waals surface area contributed by atoms with Crippen molar-refractivity contribution >= 4 is 11.7 Å². The molecule has 5 heteroatoms. The molecule has 0 saturated carbocycles. The van der Waals surface area contributed by atoms with Crippen LogP contribution >= 0.6 is 0 Å². The van der Waals surface area contributed by atoms with E-state index >= 15 is 0 Å². The molecule has 0 radical (unpaired) electrons. The Morgan fingerprint density at radius 1 is 1.53 bits per heavy atom. The summed E-state index contributed by atoms with van der Waals surface area (Å²) < 4.78 is 0. The minimum atomic E-state index is -0.447. The molecule has 0 spiro atoms. The monoisotopic (exact) mass is 262 g/mol. The fraction of sp³-hybridized carbons (Fsp3) is 0.500. The van der Waals surface area contributed by atoms with E-state index in [4.69, 9.17) is 11.5 Å². The lowest BCUT2D eigenvalue weighted by atomic mass is 9.99. The van der Waals surface area contributed by atoms with Crippen LogP contribution in [0, 0.1) is 5.92 Å². The normalized spacial score (nSPS) is 23.5. The summed E-state index contributed by atoms with van der Waals surface area (Å²) in [7, 11) is 3.80. The van der Waals surface area contributed by atoms with Crippen LogP contribution in [-0.2, 0) is 0 Å². The minimum absolute atomic E-state index is 0.370. The number of carbonyl (C=O) groups excluding carboxylic acids is 1. The van der Waals surface area contributed by atoms with Gasteiger partial charge in [-0.05, 0) is 43.6 Å². The topological polar surface area (TPSA) is 75.6 Å². The summed E-state index contributed by atoms with van der Waals surface area (Å²) >= 11 is 0. The van der Waals surface area contributed by atoms with E-state index in [2.05, 4.69) is 18.0 Å². The summed E-state index contributed by atoms with van der Waals surface area (Å²) in [5, 5.41) is 0. The molecule has 1 saturated heterocycles. The summed E-state index contributed by atoms with van der Waals surface area (Å²) in [6.45, 7) is 1.75. The second kappa shape index (κ2) is 5.59.